The van der Waals surface area contributed by atoms with E-state index in [-0.39, 0.29) is 10.9 Å². The molecular weight excluding hydrogens is 1340 g/mol. The quantitative estimate of drug-likeness (QED) is 0.0531. The predicted octanol–water partition coefficient (Wildman–Crippen LogP) is 23.9. The lowest BCUT2D eigenvalue weighted by atomic mass is 9.84. The highest BCUT2D eigenvalue weighted by atomic mass is 32.2. The molecule has 4 saturated heterocycles. The van der Waals surface area contributed by atoms with E-state index in [1.165, 1.54) is 238 Å². The zero-order chi connectivity index (χ0) is 69.6. The van der Waals surface area contributed by atoms with E-state index in [0.29, 0.717) is 63.4 Å². The fourth-order valence-corrected chi connectivity index (χ4v) is 27.4. The number of methoxy groups -OCH3 is 1. The van der Waals surface area contributed by atoms with E-state index >= 15 is 0 Å². The highest BCUT2D eigenvalue weighted by Crippen LogP contribution is 2.39. The molecule has 0 radical (unpaired) electrons. The minimum atomic E-state index is -0.0278. The second-order valence-electron chi connectivity index (χ2n) is 28.3. The maximum absolute atomic E-state index is 6.28. The summed E-state index contributed by atoms with van der Waals surface area (Å²) in [5.41, 5.74) is 4.16. The van der Waals surface area contributed by atoms with Crippen molar-refractivity contribution < 1.29 is 18.9 Å². The van der Waals surface area contributed by atoms with Crippen molar-refractivity contribution in [3.05, 3.63) is 241 Å². The first kappa shape index (κ1) is 76.1. The van der Waals surface area contributed by atoms with Crippen LogP contribution in [0.2, 0.25) is 0 Å². The molecule has 6 aliphatic rings. The molecular formula is C93H115O4S5+5. The van der Waals surface area contributed by atoms with E-state index < -0.39 is 0 Å². The third-order valence-electron chi connectivity index (χ3n) is 21.1. The fraction of sp³-hybridized carbons (Fsp3) is 0.419. The van der Waals surface area contributed by atoms with Crippen LogP contribution in [0.5, 0.6) is 5.75 Å². The molecule has 10 aromatic rings. The number of ether oxygens (including phenoxy) is 4. The summed E-state index contributed by atoms with van der Waals surface area (Å²) >= 11 is 0. The highest BCUT2D eigenvalue weighted by molar-refractivity contribution is 7.98. The summed E-state index contributed by atoms with van der Waals surface area (Å²) in [4.78, 5) is 10.5. The summed E-state index contributed by atoms with van der Waals surface area (Å²) in [7, 11) is 3.67. The van der Waals surface area contributed by atoms with Crippen LogP contribution in [0.3, 0.4) is 0 Å². The second kappa shape index (κ2) is 41.9. The van der Waals surface area contributed by atoms with E-state index in [0.717, 1.165) is 43.8 Å². The van der Waals surface area contributed by atoms with Gasteiger partial charge in [0.25, 0.3) is 0 Å². The van der Waals surface area contributed by atoms with E-state index in [4.69, 9.17) is 18.9 Å². The smallest absolute Gasteiger partial charge is 0.166 e. The van der Waals surface area contributed by atoms with Crippen LogP contribution in [-0.4, -0.2) is 79.6 Å². The molecule has 2 aliphatic carbocycles. The van der Waals surface area contributed by atoms with Crippen molar-refractivity contribution in [2.45, 2.75) is 195 Å². The van der Waals surface area contributed by atoms with Crippen LogP contribution in [0, 0.1) is 5.92 Å². The number of fused-ring (bicyclic) bond motifs is 3. The van der Waals surface area contributed by atoms with Crippen LogP contribution in [0.4, 0.5) is 0 Å². The number of hydrogen-bond acceptors (Lipinski definition) is 4. The van der Waals surface area contributed by atoms with Crippen molar-refractivity contribution in [3.63, 3.8) is 0 Å². The first-order chi connectivity index (χ1) is 50.6. The van der Waals surface area contributed by atoms with Gasteiger partial charge in [0.15, 0.2) is 34.3 Å². The van der Waals surface area contributed by atoms with Gasteiger partial charge in [-0.15, -0.1) is 0 Å². The Morgan fingerprint density at radius 3 is 1.23 bits per heavy atom. The van der Waals surface area contributed by atoms with E-state index in [1.807, 2.05) is 0 Å². The van der Waals surface area contributed by atoms with Crippen LogP contribution < -0.4 is 4.74 Å². The van der Waals surface area contributed by atoms with Gasteiger partial charge in [-0.2, -0.15) is 0 Å². The third kappa shape index (κ3) is 21.8. The molecule has 102 heavy (non-hydrogen) atoms. The average Bonchev–Trinajstić information content (AvgIpc) is 1.27. The molecule has 0 N–H and O–H groups in total. The molecule has 0 amide bonds. The van der Waals surface area contributed by atoms with Crippen molar-refractivity contribution in [1.82, 2.24) is 0 Å². The van der Waals surface area contributed by atoms with E-state index in [9.17, 15) is 0 Å². The molecule has 0 aromatic heterocycles. The number of rotatable bonds is 21. The summed E-state index contributed by atoms with van der Waals surface area (Å²) in [6, 6.07) is 82.7. The van der Waals surface area contributed by atoms with Crippen molar-refractivity contribution in [2.75, 3.05) is 79.6 Å². The number of hydrogen-bond donors (Lipinski definition) is 0. The zero-order valence-electron chi connectivity index (χ0n) is 61.4. The van der Waals surface area contributed by atoms with Gasteiger partial charge in [0.1, 0.15) is 51.8 Å². The second-order valence-corrected chi connectivity index (χ2v) is 39.4. The third-order valence-corrected chi connectivity index (χ3v) is 33.5. The summed E-state index contributed by atoms with van der Waals surface area (Å²) in [5.74, 6) is 13.8. The van der Waals surface area contributed by atoms with Gasteiger partial charge >= 0.3 is 0 Å². The van der Waals surface area contributed by atoms with E-state index in [1.54, 1.807) is 26.7 Å². The topological polar surface area (TPSA) is 36.9 Å². The molecule has 0 bridgehead atoms. The Kier molecular flexibility index (Phi) is 31.3. The summed E-state index contributed by atoms with van der Waals surface area (Å²) < 4.78 is 22.9. The minimum Gasteiger partial charge on any atom is -0.493 e. The van der Waals surface area contributed by atoms with Gasteiger partial charge in [-0.05, 0) is 220 Å². The van der Waals surface area contributed by atoms with Crippen molar-refractivity contribution in [1.29, 1.82) is 0 Å². The van der Waals surface area contributed by atoms with Crippen LogP contribution in [0.25, 0.3) is 32.3 Å². The maximum Gasteiger partial charge on any atom is 0.166 e. The zero-order valence-corrected chi connectivity index (χ0v) is 65.5. The summed E-state index contributed by atoms with van der Waals surface area (Å²) in [6.45, 7) is 6.69. The maximum atomic E-state index is 6.28. The molecule has 0 spiro atoms. The van der Waals surface area contributed by atoms with Crippen LogP contribution in [-0.2, 0) is 81.9 Å². The Bertz CT molecular complexity index is 3870. The molecule has 16 rings (SSSR count). The standard InChI is InChI=1S/C24H25S.C21H27OS.C19H25OS.C18H23O2S.C11H15S/c1-4-10-20(11-5-1)21-16-18-24(19-17-21)25(22-12-6-2-7-13-22)23-14-8-3-9-15-23;1-2-8-17(9-3-1)16-22-20-12-13-21(23-14-6-7-15-23)19-11-5-4-10-18(19)20;1-2-3-12-20-15-16-10-11-19(21-13-6-7-14-21)18-9-5-4-8-17(16)18;1-19-10-11-20-14-15-8-9-18(21-12-4-5-13-21)17-7-3-2-6-16(15)17;1-3-7-11(8-4-1)12-9-5-2-6-10-12/h2-3,6-9,12-20H,1,4-5,10-11H2;4-5,10-13,17H,1-3,6-9,14-16H2;4-5,8-11H,2-3,6-7,12-15H2,1H3;2-3,6-9H,4-5,10-14H2,1H3;1,3-4,7-8H,2,5-6,9-10H2/q5*+1. The molecule has 4 heterocycles. The largest absolute Gasteiger partial charge is 0.493 e. The van der Waals surface area contributed by atoms with Gasteiger partial charge in [0.2, 0.25) is 0 Å². The first-order valence-electron chi connectivity index (χ1n) is 39.1. The minimum absolute atomic E-state index is 0.0278. The lowest BCUT2D eigenvalue weighted by Gasteiger charge is -2.22. The fourth-order valence-electron chi connectivity index (χ4n) is 15.5. The summed E-state index contributed by atoms with van der Waals surface area (Å²) in [6.07, 6.45) is 28.9. The molecule has 2 saturated carbocycles. The Labute approximate surface area is 628 Å². The predicted molar refractivity (Wildman–Crippen MR) is 447 cm³/mol. The molecule has 0 atom stereocenters. The van der Waals surface area contributed by atoms with Crippen LogP contribution in [0.15, 0.2) is 259 Å². The summed E-state index contributed by atoms with van der Waals surface area (Å²) in [5, 5.41) is 8.38. The normalized spacial score (nSPS) is 17.1. The molecule has 6 fully saturated rings. The molecule has 4 aliphatic heterocycles. The first-order valence-corrected chi connectivity index (χ1v) is 46.6. The van der Waals surface area contributed by atoms with Gasteiger partial charge in [0.05, 0.1) is 43.9 Å². The monoisotopic (exact) mass is 1460 g/mol. The lowest BCUT2D eigenvalue weighted by molar-refractivity contribution is 0.0621. The van der Waals surface area contributed by atoms with E-state index in [2.05, 4.69) is 231 Å². The van der Waals surface area contributed by atoms with Gasteiger partial charge in [-0.3, -0.25) is 0 Å². The van der Waals surface area contributed by atoms with Gasteiger partial charge in [-0.1, -0.05) is 185 Å². The molecule has 0 unspecified atom stereocenters. The van der Waals surface area contributed by atoms with Crippen molar-refractivity contribution in [2.24, 2.45) is 5.92 Å². The number of benzene rings is 10. The molecule has 4 nitrogen and oxygen atoms in total. The molecule has 9 heteroatoms. The molecule has 536 valence electrons. The Hall–Kier alpha value is -5.59. The van der Waals surface area contributed by atoms with Gasteiger partial charge in [-0.25, -0.2) is 0 Å². The SMILES string of the molecule is CCCCOCc1ccc([S+]2CCCC2)c2ccccc12.COCCOCc1ccc([S+]2CCCC2)c2ccccc12.c1ccc([S+](c2ccccc2)c2ccc(C3CCCCC3)cc2)cc1.c1ccc([S+]2CCCCC2)cc1.c1ccc2c([S+]3CCCC3)ccc(OCC3CCCCC3)c2c1. The van der Waals surface area contributed by atoms with Crippen LogP contribution >= 0.6 is 0 Å². The Morgan fingerprint density at radius 1 is 0.343 bits per heavy atom. The van der Waals surface area contributed by atoms with Crippen molar-refractivity contribution in [3.8, 4) is 5.75 Å². The van der Waals surface area contributed by atoms with Crippen molar-refractivity contribution >= 4 is 86.8 Å². The Balaban J connectivity index is 0.000000122. The number of unbranched alkanes of at least 4 members (excludes halogenated alkanes) is 1. The van der Waals surface area contributed by atoms with Gasteiger partial charge < -0.3 is 18.9 Å². The highest BCUT2D eigenvalue weighted by Gasteiger charge is 2.33. The van der Waals surface area contributed by atoms with Gasteiger partial charge in [0, 0.05) is 78.8 Å². The average molecular weight is 1460 g/mol. The van der Waals surface area contributed by atoms with Crippen LogP contribution in [0.1, 0.15) is 164 Å². The lowest BCUT2D eigenvalue weighted by Crippen LogP contribution is -2.17. The molecule has 10 aromatic carbocycles. The Morgan fingerprint density at radius 2 is 0.735 bits per heavy atom.